The molecular formula is C27H35IN2O5. The van der Waals surface area contributed by atoms with Gasteiger partial charge in [0.25, 0.3) is 0 Å². The van der Waals surface area contributed by atoms with Crippen LogP contribution >= 0.6 is 22.6 Å². The monoisotopic (exact) mass is 594 g/mol. The van der Waals surface area contributed by atoms with Crippen molar-refractivity contribution in [2.45, 2.75) is 83.6 Å². The SMILES string of the molecule is CC(C)(C)OC(=O)N(Cc1ccccc1I)[C@@H]1[C@H]2OC(C)(C)O[C@H]2O[C@@H]1CNCc1ccccc1. The number of nitrogens with one attached hydrogen (secondary N) is 1. The molecule has 2 heterocycles. The standard InChI is InChI=1S/C27H35IN2O5/c1-26(2,3)35-25(31)30(17-19-13-9-10-14-20(19)28)22-21(16-29-15-18-11-7-6-8-12-18)32-24-23(22)33-27(4,5)34-24/h6-14,21-24,29H,15-17H2,1-5H3/t21-,22+,23-,24-/m1/s1. The Morgan fingerprint density at radius 1 is 1.09 bits per heavy atom. The number of rotatable bonds is 7. The number of hydrogen-bond donors (Lipinski definition) is 1. The molecule has 0 aliphatic carbocycles. The maximum absolute atomic E-state index is 13.6. The van der Waals surface area contributed by atoms with E-state index in [0.29, 0.717) is 19.6 Å². The zero-order valence-electron chi connectivity index (χ0n) is 21.0. The molecule has 35 heavy (non-hydrogen) atoms. The molecule has 2 aromatic rings. The minimum atomic E-state index is -0.795. The summed E-state index contributed by atoms with van der Waals surface area (Å²) in [6, 6.07) is 17.8. The highest BCUT2D eigenvalue weighted by Crippen LogP contribution is 2.40. The van der Waals surface area contributed by atoms with Crippen LogP contribution in [0.5, 0.6) is 0 Å². The number of carbonyl (C=O) groups excluding carboxylic acids is 1. The number of carbonyl (C=O) groups is 1. The Kier molecular flexibility index (Phi) is 8.07. The number of ether oxygens (including phenoxy) is 4. The number of nitrogens with zero attached hydrogens (tertiary/aromatic N) is 1. The van der Waals surface area contributed by atoms with Crippen LogP contribution in [0.4, 0.5) is 4.79 Å². The van der Waals surface area contributed by atoms with Gasteiger partial charge in [0, 0.05) is 16.7 Å². The molecular weight excluding hydrogens is 559 g/mol. The lowest BCUT2D eigenvalue weighted by Gasteiger charge is -2.36. The van der Waals surface area contributed by atoms with Crippen molar-refractivity contribution in [2.75, 3.05) is 6.54 Å². The van der Waals surface area contributed by atoms with Crippen molar-refractivity contribution in [3.63, 3.8) is 0 Å². The first-order valence-corrected chi connectivity index (χ1v) is 13.1. The van der Waals surface area contributed by atoms with Crippen LogP contribution in [0.25, 0.3) is 0 Å². The summed E-state index contributed by atoms with van der Waals surface area (Å²) in [6.45, 7) is 11.0. The predicted molar refractivity (Wildman–Crippen MR) is 142 cm³/mol. The van der Waals surface area contributed by atoms with Crippen LogP contribution in [0.1, 0.15) is 45.7 Å². The Morgan fingerprint density at radius 2 is 1.77 bits per heavy atom. The lowest BCUT2D eigenvalue weighted by Crippen LogP contribution is -2.54. The predicted octanol–water partition coefficient (Wildman–Crippen LogP) is 5.06. The Morgan fingerprint density at radius 3 is 2.46 bits per heavy atom. The summed E-state index contributed by atoms with van der Waals surface area (Å²) in [6.07, 6.45) is -1.72. The summed E-state index contributed by atoms with van der Waals surface area (Å²) in [7, 11) is 0. The fourth-order valence-corrected chi connectivity index (χ4v) is 5.04. The van der Waals surface area contributed by atoms with Gasteiger partial charge in [-0.25, -0.2) is 4.79 Å². The van der Waals surface area contributed by atoms with Crippen molar-refractivity contribution in [3.05, 3.63) is 69.3 Å². The molecule has 7 nitrogen and oxygen atoms in total. The molecule has 0 saturated carbocycles. The van der Waals surface area contributed by atoms with E-state index >= 15 is 0 Å². The zero-order chi connectivity index (χ0) is 25.2. The minimum Gasteiger partial charge on any atom is -0.444 e. The molecule has 2 aliphatic heterocycles. The van der Waals surface area contributed by atoms with Gasteiger partial charge in [0.05, 0.1) is 18.7 Å². The molecule has 2 aliphatic rings. The molecule has 0 bridgehead atoms. The summed E-state index contributed by atoms with van der Waals surface area (Å²) in [5.41, 5.74) is 1.58. The first-order valence-electron chi connectivity index (χ1n) is 12.0. The number of benzene rings is 2. The molecule has 1 N–H and O–H groups in total. The zero-order valence-corrected chi connectivity index (χ0v) is 23.2. The van der Waals surface area contributed by atoms with E-state index in [0.717, 1.165) is 9.13 Å². The van der Waals surface area contributed by atoms with Crippen molar-refractivity contribution >= 4 is 28.7 Å². The van der Waals surface area contributed by atoms with Crippen LogP contribution in [0.2, 0.25) is 0 Å². The quantitative estimate of drug-likeness (QED) is 0.452. The summed E-state index contributed by atoms with van der Waals surface area (Å²) >= 11 is 2.30. The highest BCUT2D eigenvalue weighted by atomic mass is 127. The molecule has 0 spiro atoms. The van der Waals surface area contributed by atoms with Crippen LogP contribution in [0.3, 0.4) is 0 Å². The topological polar surface area (TPSA) is 69.3 Å². The van der Waals surface area contributed by atoms with Gasteiger partial charge < -0.3 is 24.3 Å². The highest BCUT2D eigenvalue weighted by molar-refractivity contribution is 14.1. The van der Waals surface area contributed by atoms with E-state index < -0.39 is 35.9 Å². The van der Waals surface area contributed by atoms with Crippen molar-refractivity contribution in [1.82, 2.24) is 10.2 Å². The average Bonchev–Trinajstić information content (AvgIpc) is 3.24. The van der Waals surface area contributed by atoms with Crippen molar-refractivity contribution < 1.29 is 23.7 Å². The molecule has 0 radical (unpaired) electrons. The van der Waals surface area contributed by atoms with Crippen LogP contribution in [-0.2, 0) is 32.0 Å². The van der Waals surface area contributed by atoms with Gasteiger partial charge in [-0.2, -0.15) is 0 Å². The summed E-state index contributed by atoms with van der Waals surface area (Å²) in [4.78, 5) is 15.3. The lowest BCUT2D eigenvalue weighted by molar-refractivity contribution is -0.210. The highest BCUT2D eigenvalue weighted by Gasteiger charge is 2.57. The third kappa shape index (κ3) is 6.74. The fraction of sp³-hybridized carbons (Fsp3) is 0.519. The number of halogens is 1. The van der Waals surface area contributed by atoms with Gasteiger partial charge in [-0.05, 0) is 74.4 Å². The van der Waals surface area contributed by atoms with E-state index in [2.05, 4.69) is 40.0 Å². The number of hydrogen-bond acceptors (Lipinski definition) is 6. The van der Waals surface area contributed by atoms with E-state index in [9.17, 15) is 4.79 Å². The maximum Gasteiger partial charge on any atom is 0.411 e. The van der Waals surface area contributed by atoms with Crippen molar-refractivity contribution in [2.24, 2.45) is 0 Å². The fourth-order valence-electron chi connectivity index (χ4n) is 4.48. The largest absolute Gasteiger partial charge is 0.444 e. The summed E-state index contributed by atoms with van der Waals surface area (Å²) < 4.78 is 25.6. The van der Waals surface area contributed by atoms with E-state index in [1.54, 1.807) is 4.90 Å². The maximum atomic E-state index is 13.6. The van der Waals surface area contributed by atoms with Crippen LogP contribution in [0.15, 0.2) is 54.6 Å². The second-order valence-corrected chi connectivity index (χ2v) is 11.6. The van der Waals surface area contributed by atoms with Gasteiger partial charge in [-0.15, -0.1) is 0 Å². The van der Waals surface area contributed by atoms with E-state index in [1.807, 2.05) is 77.1 Å². The normalized spacial score (nSPS) is 25.3. The van der Waals surface area contributed by atoms with E-state index in [-0.39, 0.29) is 6.10 Å². The number of fused-ring (bicyclic) bond motifs is 1. The van der Waals surface area contributed by atoms with Gasteiger partial charge in [0.15, 0.2) is 12.1 Å². The molecule has 190 valence electrons. The van der Waals surface area contributed by atoms with E-state index in [4.69, 9.17) is 18.9 Å². The molecule has 1 amide bonds. The molecule has 2 saturated heterocycles. The Hall–Kier alpha value is -1.72. The molecule has 4 rings (SSSR count). The van der Waals surface area contributed by atoms with E-state index in [1.165, 1.54) is 5.56 Å². The average molecular weight is 594 g/mol. The first kappa shape index (κ1) is 26.3. The Bertz CT molecular complexity index is 1010. The third-order valence-corrected chi connectivity index (χ3v) is 6.97. The van der Waals surface area contributed by atoms with Crippen LogP contribution in [0, 0.1) is 3.57 Å². The molecule has 4 atom stereocenters. The van der Waals surface area contributed by atoms with Crippen molar-refractivity contribution in [1.29, 1.82) is 0 Å². The molecule has 2 aromatic carbocycles. The van der Waals surface area contributed by atoms with Gasteiger partial charge in [0.1, 0.15) is 11.7 Å². The second-order valence-electron chi connectivity index (χ2n) is 10.4. The van der Waals surface area contributed by atoms with Crippen molar-refractivity contribution in [3.8, 4) is 0 Å². The Balaban J connectivity index is 1.61. The molecule has 2 fully saturated rings. The number of amides is 1. The molecule has 0 aromatic heterocycles. The van der Waals surface area contributed by atoms with Gasteiger partial charge in [-0.1, -0.05) is 48.5 Å². The second kappa shape index (κ2) is 10.7. The lowest BCUT2D eigenvalue weighted by atomic mass is 10.0. The first-order chi connectivity index (χ1) is 16.5. The van der Waals surface area contributed by atoms with Gasteiger partial charge in [0.2, 0.25) is 0 Å². The molecule has 0 unspecified atom stereocenters. The smallest absolute Gasteiger partial charge is 0.411 e. The minimum absolute atomic E-state index is 0.335. The van der Waals surface area contributed by atoms with Gasteiger partial charge in [-0.3, -0.25) is 4.90 Å². The van der Waals surface area contributed by atoms with Gasteiger partial charge >= 0.3 is 6.09 Å². The summed E-state index contributed by atoms with van der Waals surface area (Å²) in [5.74, 6) is -0.795. The van der Waals surface area contributed by atoms with Crippen LogP contribution in [-0.4, -0.2) is 53.5 Å². The Labute approximate surface area is 221 Å². The third-order valence-electron chi connectivity index (χ3n) is 5.92. The summed E-state index contributed by atoms with van der Waals surface area (Å²) in [5, 5.41) is 3.48. The van der Waals surface area contributed by atoms with Crippen LogP contribution < -0.4 is 5.32 Å². The molecule has 8 heteroatoms.